The Kier molecular flexibility index (Phi) is 5.22. The number of nitrogens with one attached hydrogen (secondary N) is 1. The maximum absolute atomic E-state index is 12.0. The van der Waals surface area contributed by atoms with E-state index in [1.165, 1.54) is 3.57 Å². The summed E-state index contributed by atoms with van der Waals surface area (Å²) in [7, 11) is 0. The molecule has 0 aromatic heterocycles. The number of ether oxygens (including phenoxy) is 1. The Balaban J connectivity index is 1.96. The Morgan fingerprint density at radius 3 is 2.43 bits per heavy atom. The molecular weight excluding hydrogens is 377 g/mol. The molecule has 21 heavy (non-hydrogen) atoms. The summed E-state index contributed by atoms with van der Waals surface area (Å²) in [5.74, 6) is 0.547. The van der Waals surface area contributed by atoms with Crippen LogP contribution in [0.1, 0.15) is 16.7 Å². The molecule has 0 saturated heterocycles. The van der Waals surface area contributed by atoms with E-state index >= 15 is 0 Å². The smallest absolute Gasteiger partial charge is 0.262 e. The lowest BCUT2D eigenvalue weighted by Crippen LogP contribution is -2.20. The standard InChI is InChI=1S/C17H18INO2/c1-11-4-6-14(7-5-11)21-10-17(20)19-16-9-12(2)15(18)8-13(16)3/h4-9H,10H2,1-3H3,(H,19,20). The molecule has 0 saturated carbocycles. The first kappa shape index (κ1) is 15.8. The van der Waals surface area contributed by atoms with Gasteiger partial charge in [-0.1, -0.05) is 17.7 Å². The van der Waals surface area contributed by atoms with Gasteiger partial charge in [-0.2, -0.15) is 0 Å². The summed E-state index contributed by atoms with van der Waals surface area (Å²) >= 11 is 2.29. The summed E-state index contributed by atoms with van der Waals surface area (Å²) in [6, 6.07) is 11.7. The Bertz CT molecular complexity index is 651. The lowest BCUT2D eigenvalue weighted by Gasteiger charge is -2.11. The van der Waals surface area contributed by atoms with Crippen LogP contribution in [0.2, 0.25) is 0 Å². The predicted octanol–water partition coefficient (Wildman–Crippen LogP) is 4.23. The quantitative estimate of drug-likeness (QED) is 0.787. The van der Waals surface area contributed by atoms with Crippen molar-refractivity contribution in [2.24, 2.45) is 0 Å². The van der Waals surface area contributed by atoms with Crippen LogP contribution in [0.5, 0.6) is 5.75 Å². The molecule has 0 fully saturated rings. The highest BCUT2D eigenvalue weighted by Gasteiger charge is 2.08. The van der Waals surface area contributed by atoms with E-state index in [2.05, 4.69) is 34.0 Å². The average molecular weight is 395 g/mol. The molecule has 0 spiro atoms. The van der Waals surface area contributed by atoms with E-state index in [9.17, 15) is 4.79 Å². The molecule has 110 valence electrons. The third-order valence-electron chi connectivity index (χ3n) is 3.17. The lowest BCUT2D eigenvalue weighted by molar-refractivity contribution is -0.118. The van der Waals surface area contributed by atoms with Crippen molar-refractivity contribution in [1.29, 1.82) is 0 Å². The molecule has 1 amide bonds. The molecule has 4 heteroatoms. The van der Waals surface area contributed by atoms with Crippen molar-refractivity contribution in [3.8, 4) is 5.75 Å². The van der Waals surface area contributed by atoms with Crippen molar-refractivity contribution >= 4 is 34.2 Å². The van der Waals surface area contributed by atoms with E-state index in [0.717, 1.165) is 22.4 Å². The fourth-order valence-electron chi connectivity index (χ4n) is 1.89. The molecule has 0 radical (unpaired) electrons. The van der Waals surface area contributed by atoms with Crippen molar-refractivity contribution in [1.82, 2.24) is 0 Å². The first-order valence-electron chi connectivity index (χ1n) is 6.72. The Hall–Kier alpha value is -1.56. The number of hydrogen-bond acceptors (Lipinski definition) is 2. The van der Waals surface area contributed by atoms with Crippen LogP contribution < -0.4 is 10.1 Å². The maximum atomic E-state index is 12.0. The number of carbonyl (C=O) groups is 1. The van der Waals surface area contributed by atoms with Crippen molar-refractivity contribution < 1.29 is 9.53 Å². The van der Waals surface area contributed by atoms with Gasteiger partial charge in [-0.25, -0.2) is 0 Å². The van der Waals surface area contributed by atoms with Gasteiger partial charge in [0.25, 0.3) is 5.91 Å². The number of halogens is 1. The molecule has 2 aromatic carbocycles. The molecule has 0 heterocycles. The van der Waals surface area contributed by atoms with Crippen LogP contribution in [0, 0.1) is 24.3 Å². The molecule has 0 aliphatic rings. The highest BCUT2D eigenvalue weighted by atomic mass is 127. The second kappa shape index (κ2) is 6.93. The number of rotatable bonds is 4. The van der Waals surface area contributed by atoms with Gasteiger partial charge in [-0.3, -0.25) is 4.79 Å². The van der Waals surface area contributed by atoms with Gasteiger partial charge in [0.05, 0.1) is 0 Å². The summed E-state index contributed by atoms with van der Waals surface area (Å²) in [6.45, 7) is 6.03. The molecule has 1 N–H and O–H groups in total. The molecule has 0 atom stereocenters. The summed E-state index contributed by atoms with van der Waals surface area (Å²) in [6.07, 6.45) is 0. The zero-order chi connectivity index (χ0) is 15.4. The summed E-state index contributed by atoms with van der Waals surface area (Å²) in [5, 5.41) is 2.89. The number of anilines is 1. The highest BCUT2D eigenvalue weighted by molar-refractivity contribution is 14.1. The van der Waals surface area contributed by atoms with Crippen LogP contribution in [0.3, 0.4) is 0 Å². The topological polar surface area (TPSA) is 38.3 Å². The van der Waals surface area contributed by atoms with E-state index in [-0.39, 0.29) is 12.5 Å². The number of aryl methyl sites for hydroxylation is 3. The highest BCUT2D eigenvalue weighted by Crippen LogP contribution is 2.22. The number of hydrogen-bond donors (Lipinski definition) is 1. The van der Waals surface area contributed by atoms with E-state index in [1.54, 1.807) is 0 Å². The summed E-state index contributed by atoms with van der Waals surface area (Å²) < 4.78 is 6.67. The third-order valence-corrected chi connectivity index (χ3v) is 4.33. The van der Waals surface area contributed by atoms with Crippen LogP contribution >= 0.6 is 22.6 Å². The van der Waals surface area contributed by atoms with Crippen molar-refractivity contribution in [3.05, 3.63) is 56.7 Å². The normalized spacial score (nSPS) is 10.3. The van der Waals surface area contributed by atoms with E-state index in [4.69, 9.17) is 4.74 Å². The van der Waals surface area contributed by atoms with E-state index in [0.29, 0.717) is 5.75 Å². The average Bonchev–Trinajstić information content (AvgIpc) is 2.44. The Morgan fingerprint density at radius 2 is 1.76 bits per heavy atom. The van der Waals surface area contributed by atoms with Crippen molar-refractivity contribution in [3.63, 3.8) is 0 Å². The number of carbonyl (C=O) groups excluding carboxylic acids is 1. The van der Waals surface area contributed by atoms with E-state index in [1.807, 2.05) is 51.1 Å². The van der Waals surface area contributed by atoms with E-state index < -0.39 is 0 Å². The number of benzene rings is 2. The molecule has 0 aliphatic carbocycles. The predicted molar refractivity (Wildman–Crippen MR) is 93.9 cm³/mol. The maximum Gasteiger partial charge on any atom is 0.262 e. The van der Waals surface area contributed by atoms with Crippen LogP contribution in [-0.4, -0.2) is 12.5 Å². The SMILES string of the molecule is Cc1ccc(OCC(=O)Nc2cc(C)c(I)cc2C)cc1. The van der Waals surface area contributed by atoms with Crippen LogP contribution in [0.25, 0.3) is 0 Å². The molecule has 2 rings (SSSR count). The Morgan fingerprint density at radius 1 is 1.10 bits per heavy atom. The Labute approximate surface area is 138 Å². The molecule has 0 aliphatic heterocycles. The van der Waals surface area contributed by atoms with Gasteiger partial charge in [-0.15, -0.1) is 0 Å². The van der Waals surface area contributed by atoms with Gasteiger partial charge in [0.15, 0.2) is 6.61 Å². The molecule has 0 unspecified atom stereocenters. The minimum atomic E-state index is -0.153. The van der Waals surface area contributed by atoms with Gasteiger partial charge >= 0.3 is 0 Å². The summed E-state index contributed by atoms with van der Waals surface area (Å²) in [5.41, 5.74) is 4.20. The second-order valence-corrected chi connectivity index (χ2v) is 6.23. The molecule has 3 nitrogen and oxygen atoms in total. The largest absolute Gasteiger partial charge is 0.484 e. The van der Waals surface area contributed by atoms with Crippen LogP contribution in [0.15, 0.2) is 36.4 Å². The van der Waals surface area contributed by atoms with Gasteiger partial charge < -0.3 is 10.1 Å². The van der Waals surface area contributed by atoms with Gasteiger partial charge in [0.2, 0.25) is 0 Å². The van der Waals surface area contributed by atoms with Gasteiger partial charge in [-0.05, 0) is 78.8 Å². The fraction of sp³-hybridized carbons (Fsp3) is 0.235. The molecule has 2 aromatic rings. The second-order valence-electron chi connectivity index (χ2n) is 5.07. The zero-order valence-electron chi connectivity index (χ0n) is 12.4. The first-order valence-corrected chi connectivity index (χ1v) is 7.79. The monoisotopic (exact) mass is 395 g/mol. The molecule has 0 bridgehead atoms. The van der Waals surface area contributed by atoms with Gasteiger partial charge in [0, 0.05) is 9.26 Å². The zero-order valence-corrected chi connectivity index (χ0v) is 14.5. The lowest BCUT2D eigenvalue weighted by atomic mass is 10.1. The minimum Gasteiger partial charge on any atom is -0.484 e. The minimum absolute atomic E-state index is 0.00748. The number of amides is 1. The third kappa shape index (κ3) is 4.46. The van der Waals surface area contributed by atoms with Crippen molar-refractivity contribution in [2.75, 3.05) is 11.9 Å². The fourth-order valence-corrected chi connectivity index (χ4v) is 2.51. The van der Waals surface area contributed by atoms with Crippen LogP contribution in [0.4, 0.5) is 5.69 Å². The summed E-state index contributed by atoms with van der Waals surface area (Å²) in [4.78, 5) is 12.0. The van der Waals surface area contributed by atoms with Crippen molar-refractivity contribution in [2.45, 2.75) is 20.8 Å². The molecular formula is C17H18INO2. The van der Waals surface area contributed by atoms with Gasteiger partial charge in [0.1, 0.15) is 5.75 Å². The first-order chi connectivity index (χ1) is 9.95. The van der Waals surface area contributed by atoms with Crippen LogP contribution in [-0.2, 0) is 4.79 Å².